The third-order valence-corrected chi connectivity index (χ3v) is 9.57. The normalized spacial score (nSPS) is 11.3. The molecule has 1 N–H and O–H groups in total. The molecule has 22 heavy (non-hydrogen) atoms. The van der Waals surface area contributed by atoms with Crippen LogP contribution in [0.2, 0.25) is 0 Å². The molecule has 2 nitrogen and oxygen atoms in total. The third-order valence-electron chi connectivity index (χ3n) is 3.45. The first-order valence-electron chi connectivity index (χ1n) is 7.15. The van der Waals surface area contributed by atoms with Crippen molar-refractivity contribution in [1.29, 1.82) is 0 Å². The second-order valence-electron chi connectivity index (χ2n) is 4.94. The van der Waals surface area contributed by atoms with Gasteiger partial charge in [-0.05, 0) is 0 Å². The van der Waals surface area contributed by atoms with Crippen LogP contribution >= 0.6 is 5.66 Å². The van der Waals surface area contributed by atoms with Gasteiger partial charge in [0, 0.05) is 0 Å². The van der Waals surface area contributed by atoms with E-state index in [0.29, 0.717) is 0 Å². The summed E-state index contributed by atoms with van der Waals surface area (Å²) in [7, 11) is 0. The Morgan fingerprint density at radius 3 is 1.82 bits per heavy atom. The molecule has 4 heteroatoms. The molecule has 1 heterocycles. The minimum atomic E-state index is -1.75. The summed E-state index contributed by atoms with van der Waals surface area (Å²) in [5, 5.41) is 6.34. The van der Waals surface area contributed by atoms with E-state index in [1.807, 2.05) is 24.4 Å². The van der Waals surface area contributed by atoms with Crippen LogP contribution in [0, 0.1) is 0 Å². The number of benzene rings is 2. The monoisotopic (exact) mass is 372 g/mol. The van der Waals surface area contributed by atoms with Gasteiger partial charge in [0.2, 0.25) is 0 Å². The number of nitrogens with one attached hydrogen (secondary N) is 1. The molecule has 0 saturated heterocycles. The zero-order valence-corrected chi connectivity index (χ0v) is 14.7. The molecule has 1 aromatic heterocycles. The van der Waals surface area contributed by atoms with Crippen LogP contribution in [0.5, 0.6) is 0 Å². The molecule has 3 aromatic rings. The van der Waals surface area contributed by atoms with E-state index in [0.717, 1.165) is 12.2 Å². The van der Waals surface area contributed by atoms with Gasteiger partial charge in [-0.2, -0.15) is 0 Å². The van der Waals surface area contributed by atoms with Crippen LogP contribution in [0.15, 0.2) is 85.1 Å². The Hall–Kier alpha value is -1.50. The summed E-state index contributed by atoms with van der Waals surface area (Å²) in [4.78, 5) is 4.41. The molecule has 2 aromatic carbocycles. The molecule has 0 unspecified atom stereocenters. The van der Waals surface area contributed by atoms with E-state index in [9.17, 15) is 0 Å². The summed E-state index contributed by atoms with van der Waals surface area (Å²) < 4.78 is 0. The predicted molar refractivity (Wildman–Crippen MR) is 95.9 cm³/mol. The molecule has 0 amide bonds. The predicted octanol–water partition coefficient (Wildman–Crippen LogP) is 2.84. The molecule has 0 spiro atoms. The van der Waals surface area contributed by atoms with Crippen molar-refractivity contribution in [2.24, 2.45) is 0 Å². The maximum atomic E-state index is 4.41. The van der Waals surface area contributed by atoms with E-state index in [4.69, 9.17) is 0 Å². The fourth-order valence-electron chi connectivity index (χ4n) is 2.30. The summed E-state index contributed by atoms with van der Waals surface area (Å²) >= 11 is 3.47. The van der Waals surface area contributed by atoms with Crippen molar-refractivity contribution in [1.82, 2.24) is 10.1 Å². The second kappa shape index (κ2) is 7.17. The summed E-state index contributed by atoms with van der Waals surface area (Å²) in [5.74, 6) is 0. The Morgan fingerprint density at radius 2 is 1.32 bits per heavy atom. The van der Waals surface area contributed by atoms with Gasteiger partial charge in [-0.3, -0.25) is 0 Å². The fourth-order valence-corrected chi connectivity index (χ4v) is 6.47. The van der Waals surface area contributed by atoms with Gasteiger partial charge in [-0.15, -0.1) is 0 Å². The average Bonchev–Trinajstić information content (AvgIpc) is 2.62. The summed E-state index contributed by atoms with van der Waals surface area (Å²) in [6.07, 6.45) is 1.83. The van der Waals surface area contributed by atoms with E-state index in [1.54, 1.807) is 0 Å². The molecular weight excluding hydrogens is 354 g/mol. The van der Waals surface area contributed by atoms with Crippen LogP contribution in [-0.4, -0.2) is 20.1 Å². The number of aromatic nitrogens is 1. The van der Waals surface area contributed by atoms with Crippen molar-refractivity contribution >= 4 is 31.4 Å². The number of rotatable bonds is 5. The molecule has 0 saturated carbocycles. The molecule has 0 aliphatic carbocycles. The molecule has 110 valence electrons. The molecule has 0 bridgehead atoms. The zero-order valence-electron chi connectivity index (χ0n) is 12.1. The van der Waals surface area contributed by atoms with Crippen LogP contribution < -0.4 is 15.7 Å². The van der Waals surface area contributed by atoms with Crippen molar-refractivity contribution in [3.05, 3.63) is 90.8 Å². The van der Waals surface area contributed by atoms with Crippen LogP contribution in [0.3, 0.4) is 0 Å². The van der Waals surface area contributed by atoms with Gasteiger partial charge >= 0.3 is 139 Å². The van der Waals surface area contributed by atoms with Gasteiger partial charge in [0.25, 0.3) is 0 Å². The van der Waals surface area contributed by atoms with Crippen LogP contribution in [0.25, 0.3) is 0 Å². The zero-order chi connectivity index (χ0) is 15.3. The molecule has 0 atom stereocenters. The van der Waals surface area contributed by atoms with E-state index < -0.39 is 5.66 Å². The Morgan fingerprint density at radius 1 is 0.773 bits per heavy atom. The van der Waals surface area contributed by atoms with Crippen LogP contribution in [-0.2, 0) is 6.54 Å². The maximum absolute atomic E-state index is 4.41. The van der Waals surface area contributed by atoms with Gasteiger partial charge < -0.3 is 0 Å². The van der Waals surface area contributed by atoms with Crippen molar-refractivity contribution < 1.29 is 0 Å². The van der Waals surface area contributed by atoms with Crippen molar-refractivity contribution in [2.75, 3.05) is 0 Å². The number of hydrogen-bond acceptors (Lipinski definition) is 2. The molecule has 0 radical (unpaired) electrons. The van der Waals surface area contributed by atoms with E-state index in [1.165, 1.54) is 10.6 Å². The Labute approximate surface area is 138 Å². The van der Waals surface area contributed by atoms with E-state index in [2.05, 4.69) is 85.8 Å². The minimum absolute atomic E-state index is 0.741. The standard InChI is InChI=1S/C18H17N2PSe/c22-21(17-10-3-1-4-11-17,18-12-5-2-6-13-18)20-15-16-9-7-8-14-19-16/h1-14H,15H2,(H,20,22). The van der Waals surface area contributed by atoms with Crippen LogP contribution in [0.1, 0.15) is 5.69 Å². The van der Waals surface area contributed by atoms with E-state index in [-0.39, 0.29) is 0 Å². The van der Waals surface area contributed by atoms with Gasteiger partial charge in [0.15, 0.2) is 0 Å². The second-order valence-corrected chi connectivity index (χ2v) is 11.0. The third kappa shape index (κ3) is 3.45. The van der Waals surface area contributed by atoms with Crippen molar-refractivity contribution in [3.8, 4) is 0 Å². The first-order chi connectivity index (χ1) is 10.8. The van der Waals surface area contributed by atoms with Gasteiger partial charge in [-0.25, -0.2) is 0 Å². The number of pyridine rings is 1. The molecule has 0 aliphatic rings. The molecular formula is C18H17N2PSe. The SMILES string of the molecule is [Se]=P(NCc1ccccn1)(c1ccccc1)c1ccccc1. The Bertz CT molecular complexity index is 717. The van der Waals surface area contributed by atoms with Gasteiger partial charge in [0.05, 0.1) is 0 Å². The van der Waals surface area contributed by atoms with Gasteiger partial charge in [0.1, 0.15) is 0 Å². The Balaban J connectivity index is 1.95. The first-order valence-corrected chi connectivity index (χ1v) is 11.2. The molecule has 0 fully saturated rings. The summed E-state index contributed by atoms with van der Waals surface area (Å²) in [6, 6.07) is 27.2. The van der Waals surface area contributed by atoms with Crippen LogP contribution in [0.4, 0.5) is 0 Å². The summed E-state index contributed by atoms with van der Waals surface area (Å²) in [5.41, 5.74) is -0.705. The molecule has 3 rings (SSSR count). The number of nitrogens with zero attached hydrogens (tertiary/aromatic N) is 1. The fraction of sp³-hybridized carbons (Fsp3) is 0.0556. The quantitative estimate of drug-likeness (QED) is 0.551. The van der Waals surface area contributed by atoms with Gasteiger partial charge in [-0.1, -0.05) is 0 Å². The van der Waals surface area contributed by atoms with Crippen molar-refractivity contribution in [2.45, 2.75) is 6.54 Å². The Kier molecular flexibility index (Phi) is 5.02. The van der Waals surface area contributed by atoms with Crippen molar-refractivity contribution in [3.63, 3.8) is 0 Å². The molecule has 0 aliphatic heterocycles. The topological polar surface area (TPSA) is 24.9 Å². The first kappa shape index (κ1) is 15.4. The van der Waals surface area contributed by atoms with E-state index >= 15 is 0 Å². The average molecular weight is 371 g/mol. The summed E-state index contributed by atoms with van der Waals surface area (Å²) in [6.45, 7) is 0.741. The number of hydrogen-bond donors (Lipinski definition) is 1.